The monoisotopic (exact) mass is 305 g/mol. The Hall–Kier alpha value is -0.0800. The van der Waals surface area contributed by atoms with E-state index in [-0.39, 0.29) is 6.10 Å². The fraction of sp³-hybridized carbons (Fsp3) is 1.00. The van der Waals surface area contributed by atoms with E-state index in [1.807, 2.05) is 6.92 Å². The van der Waals surface area contributed by atoms with Crippen LogP contribution in [-0.2, 0) is 0 Å². The summed E-state index contributed by atoms with van der Waals surface area (Å²) in [6.07, 6.45) is 12.2. The van der Waals surface area contributed by atoms with Crippen LogP contribution in [0.1, 0.15) is 71.6 Å². The highest BCUT2D eigenvalue weighted by molar-refractivity contribution is 5.06. The van der Waals surface area contributed by atoms with E-state index in [9.17, 15) is 5.11 Å². The summed E-state index contributed by atoms with van der Waals surface area (Å²) in [6.45, 7) is 4.55. The average molecular weight is 306 g/mol. The Kier molecular flexibility index (Phi) is 3.85. The molecule has 0 aromatic heterocycles. The lowest BCUT2D eigenvalue weighted by atomic mass is 9.49. The number of hydrogen-bond acceptors (Lipinski definition) is 2. The van der Waals surface area contributed by atoms with E-state index in [1.165, 1.54) is 57.8 Å². The molecular formula is C20H35NO. The lowest BCUT2D eigenvalue weighted by Gasteiger charge is -2.56. The van der Waals surface area contributed by atoms with Crippen molar-refractivity contribution in [1.82, 2.24) is 0 Å². The second-order valence-corrected chi connectivity index (χ2v) is 9.48. The summed E-state index contributed by atoms with van der Waals surface area (Å²) < 4.78 is 0. The summed E-state index contributed by atoms with van der Waals surface area (Å²) in [4.78, 5) is 0. The van der Waals surface area contributed by atoms with Crippen LogP contribution in [0.2, 0.25) is 0 Å². The lowest BCUT2D eigenvalue weighted by molar-refractivity contribution is -0.0788. The van der Waals surface area contributed by atoms with Gasteiger partial charge in [-0.2, -0.15) is 0 Å². The van der Waals surface area contributed by atoms with Crippen LogP contribution < -0.4 is 5.73 Å². The minimum Gasteiger partial charge on any atom is -0.393 e. The molecule has 22 heavy (non-hydrogen) atoms. The van der Waals surface area contributed by atoms with E-state index in [2.05, 4.69) is 6.92 Å². The number of fused-ring (bicyclic) bond motifs is 5. The largest absolute Gasteiger partial charge is 0.393 e. The maximum absolute atomic E-state index is 10.3. The first-order valence-electron chi connectivity index (χ1n) is 9.94. The number of nitrogens with two attached hydrogens (primary N) is 1. The molecule has 0 bridgehead atoms. The molecule has 4 saturated carbocycles. The Balaban J connectivity index is 1.55. The van der Waals surface area contributed by atoms with Crippen molar-refractivity contribution >= 4 is 0 Å². The second-order valence-electron chi connectivity index (χ2n) is 9.48. The van der Waals surface area contributed by atoms with E-state index in [1.54, 1.807) is 0 Å². The first-order valence-corrected chi connectivity index (χ1v) is 9.94. The van der Waals surface area contributed by atoms with Crippen molar-refractivity contribution in [2.45, 2.75) is 83.8 Å². The van der Waals surface area contributed by atoms with Crippen LogP contribution in [0.3, 0.4) is 0 Å². The first kappa shape index (κ1) is 15.4. The molecule has 0 aliphatic heterocycles. The third-order valence-electron chi connectivity index (χ3n) is 8.65. The Morgan fingerprint density at radius 2 is 1.73 bits per heavy atom. The van der Waals surface area contributed by atoms with E-state index in [4.69, 9.17) is 5.73 Å². The van der Waals surface area contributed by atoms with Crippen molar-refractivity contribution in [2.24, 2.45) is 46.7 Å². The Morgan fingerprint density at radius 3 is 2.50 bits per heavy atom. The molecule has 4 fully saturated rings. The molecule has 0 heterocycles. The quantitative estimate of drug-likeness (QED) is 0.770. The van der Waals surface area contributed by atoms with Gasteiger partial charge in [0.25, 0.3) is 0 Å². The van der Waals surface area contributed by atoms with Gasteiger partial charge in [0.05, 0.1) is 6.10 Å². The van der Waals surface area contributed by atoms with Gasteiger partial charge in [0, 0.05) is 6.04 Å². The standard InChI is InChI=1S/C20H35NO/c1-12(22)18-7-8-19-17-5-3-13-11-14(21)4-6-15(13)16(17)9-10-20(18,19)2/h12-19,22H,3-11,21H2,1-2H3/t12-,13?,14+,15-,16+,17+,18+,19-,20+/m0/s1. The minimum absolute atomic E-state index is 0.115. The van der Waals surface area contributed by atoms with Crippen molar-refractivity contribution in [2.75, 3.05) is 0 Å². The lowest BCUT2D eigenvalue weighted by Crippen LogP contribution is -2.50. The van der Waals surface area contributed by atoms with Crippen molar-refractivity contribution in [3.63, 3.8) is 0 Å². The summed E-state index contributed by atoms with van der Waals surface area (Å²) in [7, 11) is 0. The fourth-order valence-corrected chi connectivity index (χ4v) is 7.72. The van der Waals surface area contributed by atoms with E-state index >= 15 is 0 Å². The molecule has 0 aromatic carbocycles. The van der Waals surface area contributed by atoms with E-state index < -0.39 is 0 Å². The number of aliphatic hydroxyl groups is 1. The van der Waals surface area contributed by atoms with Gasteiger partial charge in [-0.25, -0.2) is 0 Å². The molecule has 9 atom stereocenters. The van der Waals surface area contributed by atoms with Crippen molar-refractivity contribution < 1.29 is 5.11 Å². The smallest absolute Gasteiger partial charge is 0.0545 e. The van der Waals surface area contributed by atoms with Gasteiger partial charge >= 0.3 is 0 Å². The van der Waals surface area contributed by atoms with Gasteiger partial charge in [-0.05, 0) is 106 Å². The Morgan fingerprint density at radius 1 is 0.955 bits per heavy atom. The highest BCUT2D eigenvalue weighted by Gasteiger charge is 2.57. The van der Waals surface area contributed by atoms with Gasteiger partial charge in [-0.3, -0.25) is 0 Å². The Labute approximate surface area is 136 Å². The second kappa shape index (κ2) is 5.48. The summed E-state index contributed by atoms with van der Waals surface area (Å²) in [5, 5.41) is 10.3. The van der Waals surface area contributed by atoms with Crippen LogP contribution in [0.5, 0.6) is 0 Å². The van der Waals surface area contributed by atoms with Crippen LogP contribution in [0.15, 0.2) is 0 Å². The highest BCUT2D eigenvalue weighted by Crippen LogP contribution is 2.64. The third kappa shape index (κ3) is 2.20. The maximum atomic E-state index is 10.3. The maximum Gasteiger partial charge on any atom is 0.0545 e. The summed E-state index contributed by atoms with van der Waals surface area (Å²) in [5.74, 6) is 5.30. The first-order chi connectivity index (χ1) is 10.5. The van der Waals surface area contributed by atoms with E-state index in [0.717, 1.165) is 29.6 Å². The van der Waals surface area contributed by atoms with Gasteiger partial charge in [0.2, 0.25) is 0 Å². The highest BCUT2D eigenvalue weighted by atomic mass is 16.3. The molecule has 126 valence electrons. The summed E-state index contributed by atoms with van der Waals surface area (Å²) in [6, 6.07) is 0.484. The van der Waals surface area contributed by atoms with Gasteiger partial charge in [-0.15, -0.1) is 0 Å². The molecule has 0 spiro atoms. The SMILES string of the molecule is C[C@H](O)[C@H]1CC[C@H]2[C@@H]3CCC4C[C@H](N)CC[C@@H]4[C@H]3CC[C@]12C. The molecule has 4 aliphatic carbocycles. The van der Waals surface area contributed by atoms with E-state index in [0.29, 0.717) is 17.4 Å². The van der Waals surface area contributed by atoms with Crippen LogP contribution in [0, 0.1) is 40.9 Å². The normalized spacial score (nSPS) is 55.9. The molecule has 2 heteroatoms. The topological polar surface area (TPSA) is 46.2 Å². The number of rotatable bonds is 1. The number of hydrogen-bond donors (Lipinski definition) is 2. The molecular weight excluding hydrogens is 270 g/mol. The third-order valence-corrected chi connectivity index (χ3v) is 8.65. The molecule has 4 rings (SSSR count). The Bertz CT molecular complexity index is 422. The zero-order valence-electron chi connectivity index (χ0n) is 14.5. The average Bonchev–Trinajstić information content (AvgIpc) is 2.84. The van der Waals surface area contributed by atoms with Gasteiger partial charge in [0.1, 0.15) is 0 Å². The predicted molar refractivity (Wildman–Crippen MR) is 90.3 cm³/mol. The van der Waals surface area contributed by atoms with Crippen LogP contribution in [-0.4, -0.2) is 17.3 Å². The minimum atomic E-state index is -0.115. The fourth-order valence-electron chi connectivity index (χ4n) is 7.72. The zero-order valence-corrected chi connectivity index (χ0v) is 14.5. The molecule has 4 aliphatic rings. The van der Waals surface area contributed by atoms with Crippen LogP contribution >= 0.6 is 0 Å². The van der Waals surface area contributed by atoms with Gasteiger partial charge in [0.15, 0.2) is 0 Å². The summed E-state index contributed by atoms with van der Waals surface area (Å²) in [5.41, 5.74) is 6.66. The van der Waals surface area contributed by atoms with Gasteiger partial charge in [-0.1, -0.05) is 6.92 Å². The van der Waals surface area contributed by atoms with Gasteiger partial charge < -0.3 is 10.8 Å². The molecule has 0 radical (unpaired) electrons. The van der Waals surface area contributed by atoms with Crippen LogP contribution in [0.4, 0.5) is 0 Å². The van der Waals surface area contributed by atoms with Crippen LogP contribution in [0.25, 0.3) is 0 Å². The predicted octanol–water partition coefficient (Wildman–Crippen LogP) is 3.96. The van der Waals surface area contributed by atoms with Crippen molar-refractivity contribution in [3.8, 4) is 0 Å². The molecule has 0 saturated heterocycles. The molecule has 2 nitrogen and oxygen atoms in total. The molecule has 1 unspecified atom stereocenters. The molecule has 0 amide bonds. The molecule has 3 N–H and O–H groups in total. The molecule has 0 aromatic rings. The number of aliphatic hydroxyl groups excluding tert-OH is 1. The van der Waals surface area contributed by atoms with Crippen molar-refractivity contribution in [3.05, 3.63) is 0 Å². The zero-order chi connectivity index (χ0) is 15.5. The summed E-state index contributed by atoms with van der Waals surface area (Å²) >= 11 is 0. The van der Waals surface area contributed by atoms with Crippen molar-refractivity contribution in [1.29, 1.82) is 0 Å².